The molecule has 7 nitrogen and oxygen atoms in total. The summed E-state index contributed by atoms with van der Waals surface area (Å²) >= 11 is 0. The lowest BCUT2D eigenvalue weighted by molar-refractivity contribution is -0.385. The lowest BCUT2D eigenvalue weighted by Crippen LogP contribution is -2.25. The van der Waals surface area contributed by atoms with Gasteiger partial charge in [0.05, 0.1) is 18.1 Å². The van der Waals surface area contributed by atoms with Crippen molar-refractivity contribution in [3.8, 4) is 11.5 Å². The Kier molecular flexibility index (Phi) is 7.93. The average molecular weight is 312 g/mol. The van der Waals surface area contributed by atoms with Crippen LogP contribution < -0.4 is 14.8 Å². The summed E-state index contributed by atoms with van der Waals surface area (Å²) < 4.78 is 10.5. The van der Waals surface area contributed by atoms with Crippen molar-refractivity contribution in [2.45, 2.75) is 33.6 Å². The number of hydrogen-bond acceptors (Lipinski definition) is 5. The van der Waals surface area contributed by atoms with Crippen molar-refractivity contribution in [1.29, 1.82) is 0 Å². The Bertz CT molecular complexity index is 531. The minimum atomic E-state index is -0.451. The fraction of sp³-hybridized carbons (Fsp3) is 0.533. The maximum Gasteiger partial charge on any atom is 0.276 e. The number of carbonyl (C=O) groups is 1. The summed E-state index contributed by atoms with van der Waals surface area (Å²) in [6.45, 7) is 3.64. The van der Waals surface area contributed by atoms with Gasteiger partial charge in [-0.15, -0.1) is 0 Å². The fourth-order valence-corrected chi connectivity index (χ4v) is 1.83. The third-order valence-electron chi connectivity index (χ3n) is 3.29. The van der Waals surface area contributed by atoms with Gasteiger partial charge >= 0.3 is 0 Å². The number of hydrogen-bond donors (Lipinski definition) is 1. The second-order valence-electron chi connectivity index (χ2n) is 4.59. The van der Waals surface area contributed by atoms with Crippen LogP contribution in [0.3, 0.4) is 0 Å². The lowest BCUT2D eigenvalue weighted by Gasteiger charge is -2.15. The number of nitrogens with zero attached hydrogens (tertiary/aromatic N) is 1. The Morgan fingerprint density at radius 3 is 2.50 bits per heavy atom. The van der Waals surface area contributed by atoms with E-state index in [9.17, 15) is 14.9 Å². The zero-order valence-corrected chi connectivity index (χ0v) is 12.6. The second kappa shape index (κ2) is 8.86. The molecule has 1 aromatic carbocycles. The number of methoxy groups -OCH3 is 1. The second-order valence-corrected chi connectivity index (χ2v) is 4.59. The molecule has 0 saturated carbocycles. The number of nitrogens with one attached hydrogen (secondary N) is 1. The molecule has 0 radical (unpaired) electrons. The van der Waals surface area contributed by atoms with Gasteiger partial charge in [-0.3, -0.25) is 14.9 Å². The summed E-state index contributed by atoms with van der Waals surface area (Å²) in [5, 5.41) is 13.6. The number of nitro benzene ring substituents is 1. The van der Waals surface area contributed by atoms with E-state index in [1.54, 1.807) is 6.07 Å². The van der Waals surface area contributed by atoms with Crippen LogP contribution in [-0.2, 0) is 4.79 Å². The van der Waals surface area contributed by atoms with E-state index in [1.165, 1.54) is 20.2 Å². The molecule has 0 heterocycles. The molecule has 1 unspecified atom stereocenters. The van der Waals surface area contributed by atoms with Crippen LogP contribution in [0, 0.1) is 10.1 Å². The van der Waals surface area contributed by atoms with Gasteiger partial charge in [0.15, 0.2) is 18.1 Å². The Morgan fingerprint density at radius 2 is 2.05 bits per heavy atom. The van der Waals surface area contributed by atoms with Crippen molar-refractivity contribution in [2.24, 2.45) is 0 Å². The normalized spacial score (nSPS) is 11.1. The van der Waals surface area contributed by atoms with Gasteiger partial charge in [-0.05, 0) is 18.4 Å². The summed E-state index contributed by atoms with van der Waals surface area (Å²) in [6.07, 6.45) is 0.766. The molecule has 0 aliphatic heterocycles. The number of benzene rings is 1. The molecule has 1 N–H and O–H groups in total. The first-order valence-corrected chi connectivity index (χ1v) is 6.64. The van der Waals surface area contributed by atoms with E-state index < -0.39 is 4.92 Å². The van der Waals surface area contributed by atoms with Crippen LogP contribution >= 0.6 is 0 Å². The highest BCUT2D eigenvalue weighted by molar-refractivity contribution is 5.77. The molecular weight excluding hydrogens is 288 g/mol. The fourth-order valence-electron chi connectivity index (χ4n) is 1.83. The van der Waals surface area contributed by atoms with Gasteiger partial charge in [-0.2, -0.15) is 0 Å². The van der Waals surface area contributed by atoms with Crippen molar-refractivity contribution in [1.82, 2.24) is 5.32 Å². The number of amides is 1. The Hall–Kier alpha value is -2.31. The van der Waals surface area contributed by atoms with E-state index in [0.717, 1.165) is 6.42 Å². The van der Waals surface area contributed by atoms with Crippen LogP contribution in [0.5, 0.6) is 11.5 Å². The summed E-state index contributed by atoms with van der Waals surface area (Å²) in [5.41, 5.74) is 0.559. The third kappa shape index (κ3) is 4.61. The van der Waals surface area contributed by atoms with Crippen molar-refractivity contribution in [2.75, 3.05) is 20.8 Å². The molecular formula is C15H24N2O5. The average Bonchev–Trinajstić information content (AvgIpc) is 2.50. The molecule has 1 amide bonds. The molecule has 1 atom stereocenters. The Balaban J connectivity index is 0.00000441. The van der Waals surface area contributed by atoms with Gasteiger partial charge in [0.1, 0.15) is 0 Å². The largest absolute Gasteiger partial charge is 0.493 e. The molecule has 0 aliphatic rings. The molecule has 1 rings (SSSR count). The van der Waals surface area contributed by atoms with Crippen LogP contribution in [0.4, 0.5) is 5.69 Å². The number of ether oxygens (including phenoxy) is 2. The highest BCUT2D eigenvalue weighted by atomic mass is 16.6. The minimum absolute atomic E-state index is 0. The summed E-state index contributed by atoms with van der Waals surface area (Å²) in [4.78, 5) is 22.0. The van der Waals surface area contributed by atoms with E-state index in [0.29, 0.717) is 11.3 Å². The number of nitro groups is 1. The number of carbonyl (C=O) groups excluding carboxylic acids is 1. The molecule has 0 saturated heterocycles. The van der Waals surface area contributed by atoms with Gasteiger partial charge in [0.2, 0.25) is 0 Å². The summed E-state index contributed by atoms with van der Waals surface area (Å²) in [5.74, 6) is 0.248. The van der Waals surface area contributed by atoms with Gasteiger partial charge < -0.3 is 14.8 Å². The van der Waals surface area contributed by atoms with E-state index in [1.807, 2.05) is 13.8 Å². The highest BCUT2D eigenvalue weighted by Gasteiger charge is 2.23. The third-order valence-corrected chi connectivity index (χ3v) is 3.29. The first kappa shape index (κ1) is 19.7. The number of rotatable bonds is 7. The summed E-state index contributed by atoms with van der Waals surface area (Å²) in [6, 6.07) is 2.91. The standard InChI is InChI=1S/C14H20N2O5.CH4/c1-5-9(2)10-6-12(20-4)13(7-11(10)16(18)19)21-8-14(17)15-3;/h6-7,9H,5,8H2,1-4H3,(H,15,17);1H4. The predicted molar refractivity (Wildman–Crippen MR) is 84.6 cm³/mol. The quantitative estimate of drug-likeness (QED) is 0.617. The SMILES string of the molecule is C.CCC(C)c1cc(OC)c(OCC(=O)NC)cc1[N+](=O)[O-]. The first-order valence-electron chi connectivity index (χ1n) is 6.64. The number of likely N-dealkylation sites (N-methyl/N-ethyl adjacent to an activating group) is 1. The van der Waals surface area contributed by atoms with E-state index in [2.05, 4.69) is 5.32 Å². The molecule has 0 fully saturated rings. The van der Waals surface area contributed by atoms with Crippen LogP contribution in [-0.4, -0.2) is 31.6 Å². The zero-order chi connectivity index (χ0) is 16.0. The molecule has 124 valence electrons. The van der Waals surface area contributed by atoms with Crippen LogP contribution in [0.1, 0.15) is 39.2 Å². The van der Waals surface area contributed by atoms with Crippen molar-refractivity contribution in [3.05, 3.63) is 27.8 Å². The molecule has 22 heavy (non-hydrogen) atoms. The molecule has 0 aliphatic carbocycles. The predicted octanol–water partition coefficient (Wildman–Crippen LogP) is 2.88. The lowest BCUT2D eigenvalue weighted by atomic mass is 9.96. The van der Waals surface area contributed by atoms with E-state index in [-0.39, 0.29) is 37.3 Å². The topological polar surface area (TPSA) is 90.7 Å². The van der Waals surface area contributed by atoms with Gasteiger partial charge in [-0.25, -0.2) is 0 Å². The van der Waals surface area contributed by atoms with Gasteiger partial charge in [0, 0.05) is 12.6 Å². The van der Waals surface area contributed by atoms with E-state index >= 15 is 0 Å². The van der Waals surface area contributed by atoms with Crippen molar-refractivity contribution < 1.29 is 19.2 Å². The van der Waals surface area contributed by atoms with Crippen molar-refractivity contribution >= 4 is 11.6 Å². The maximum atomic E-state index is 11.2. The maximum absolute atomic E-state index is 11.2. The highest BCUT2D eigenvalue weighted by Crippen LogP contribution is 2.38. The smallest absolute Gasteiger partial charge is 0.276 e. The molecule has 0 spiro atoms. The molecule has 0 bridgehead atoms. The van der Waals surface area contributed by atoms with Crippen LogP contribution in [0.25, 0.3) is 0 Å². The van der Waals surface area contributed by atoms with Crippen LogP contribution in [0.15, 0.2) is 12.1 Å². The monoisotopic (exact) mass is 312 g/mol. The minimum Gasteiger partial charge on any atom is -0.493 e. The Labute approximate surface area is 130 Å². The summed E-state index contributed by atoms with van der Waals surface area (Å²) in [7, 11) is 2.94. The van der Waals surface area contributed by atoms with Gasteiger partial charge in [-0.1, -0.05) is 21.3 Å². The Morgan fingerprint density at radius 1 is 1.41 bits per heavy atom. The van der Waals surface area contributed by atoms with Gasteiger partial charge in [0.25, 0.3) is 11.6 Å². The first-order chi connectivity index (χ1) is 9.94. The van der Waals surface area contributed by atoms with Crippen molar-refractivity contribution in [3.63, 3.8) is 0 Å². The molecule has 7 heteroatoms. The molecule has 1 aromatic rings. The molecule has 0 aromatic heterocycles. The van der Waals surface area contributed by atoms with Crippen LogP contribution in [0.2, 0.25) is 0 Å². The van der Waals surface area contributed by atoms with E-state index in [4.69, 9.17) is 9.47 Å². The zero-order valence-electron chi connectivity index (χ0n) is 12.6.